The molecule has 1 aliphatic rings. The number of piperidine rings is 1. The molecule has 0 radical (unpaired) electrons. The lowest BCUT2D eigenvalue weighted by Crippen LogP contribution is -2.49. The van der Waals surface area contributed by atoms with Gasteiger partial charge in [-0.15, -0.1) is 0 Å². The van der Waals surface area contributed by atoms with Gasteiger partial charge in [0.05, 0.1) is 12.1 Å². The lowest BCUT2D eigenvalue weighted by molar-refractivity contribution is 0.0277. The number of amides is 1. The molecule has 0 bridgehead atoms. The summed E-state index contributed by atoms with van der Waals surface area (Å²) in [7, 11) is 0. The average Bonchev–Trinajstić information content (AvgIpc) is 2.81. The van der Waals surface area contributed by atoms with Crippen LogP contribution in [0.2, 0.25) is 0 Å². The number of hydrogen-bond donors (Lipinski definition) is 2. The predicted octanol–water partition coefficient (Wildman–Crippen LogP) is 1.39. The average molecular weight is 222 g/mol. The molecule has 0 saturated carbocycles. The van der Waals surface area contributed by atoms with Gasteiger partial charge in [0.15, 0.2) is 0 Å². The third-order valence-electron chi connectivity index (χ3n) is 3.20. The standard InChI is InChI=1S/C12H18N2O2/c1-9(15)11-6-2-3-8-14(11)12(16)10-5-4-7-13-10/h4-5,7,9,11,13,15H,2-3,6,8H2,1H3. The maximum Gasteiger partial charge on any atom is 0.270 e. The number of carbonyl (C=O) groups excluding carboxylic acids is 1. The molecule has 1 amide bonds. The molecule has 0 aliphatic carbocycles. The first-order chi connectivity index (χ1) is 7.70. The minimum atomic E-state index is -0.459. The van der Waals surface area contributed by atoms with E-state index >= 15 is 0 Å². The van der Waals surface area contributed by atoms with Crippen molar-refractivity contribution in [1.29, 1.82) is 0 Å². The van der Waals surface area contributed by atoms with Gasteiger partial charge in [0, 0.05) is 12.7 Å². The van der Waals surface area contributed by atoms with Gasteiger partial charge in [-0.05, 0) is 38.3 Å². The zero-order valence-corrected chi connectivity index (χ0v) is 9.52. The van der Waals surface area contributed by atoms with E-state index in [2.05, 4.69) is 4.98 Å². The molecule has 2 N–H and O–H groups in total. The molecule has 88 valence electrons. The Morgan fingerprint density at radius 2 is 2.44 bits per heavy atom. The van der Waals surface area contributed by atoms with Crippen LogP contribution in [-0.4, -0.2) is 39.6 Å². The van der Waals surface area contributed by atoms with Crippen molar-refractivity contribution in [2.45, 2.75) is 38.3 Å². The number of nitrogens with one attached hydrogen (secondary N) is 1. The van der Waals surface area contributed by atoms with Gasteiger partial charge < -0.3 is 15.0 Å². The van der Waals surface area contributed by atoms with E-state index in [1.807, 2.05) is 6.07 Å². The molecule has 1 fully saturated rings. The van der Waals surface area contributed by atoms with Crippen molar-refractivity contribution in [1.82, 2.24) is 9.88 Å². The van der Waals surface area contributed by atoms with Crippen LogP contribution in [-0.2, 0) is 0 Å². The van der Waals surface area contributed by atoms with Crippen LogP contribution in [0.15, 0.2) is 18.3 Å². The summed E-state index contributed by atoms with van der Waals surface area (Å²) in [6, 6.07) is 3.55. The molecule has 16 heavy (non-hydrogen) atoms. The van der Waals surface area contributed by atoms with E-state index in [9.17, 15) is 9.90 Å². The summed E-state index contributed by atoms with van der Waals surface area (Å²) in [5, 5.41) is 9.69. The molecule has 0 spiro atoms. The first-order valence-electron chi connectivity index (χ1n) is 5.82. The molecule has 2 heterocycles. The quantitative estimate of drug-likeness (QED) is 0.794. The maximum absolute atomic E-state index is 12.2. The molecule has 2 atom stereocenters. The summed E-state index contributed by atoms with van der Waals surface area (Å²) in [5.74, 6) is -0.00407. The monoisotopic (exact) mass is 222 g/mol. The minimum absolute atomic E-state index is 0.00407. The smallest absolute Gasteiger partial charge is 0.270 e. The number of likely N-dealkylation sites (tertiary alicyclic amines) is 1. The number of hydrogen-bond acceptors (Lipinski definition) is 2. The van der Waals surface area contributed by atoms with Gasteiger partial charge in [0.1, 0.15) is 5.69 Å². The van der Waals surface area contributed by atoms with Crippen LogP contribution in [0.5, 0.6) is 0 Å². The first kappa shape index (κ1) is 11.2. The maximum atomic E-state index is 12.2. The van der Waals surface area contributed by atoms with E-state index in [1.54, 1.807) is 24.1 Å². The van der Waals surface area contributed by atoms with Crippen molar-refractivity contribution in [3.05, 3.63) is 24.0 Å². The van der Waals surface area contributed by atoms with Gasteiger partial charge in [-0.2, -0.15) is 0 Å². The van der Waals surface area contributed by atoms with Gasteiger partial charge in [0.2, 0.25) is 0 Å². The fraction of sp³-hybridized carbons (Fsp3) is 0.583. The summed E-state index contributed by atoms with van der Waals surface area (Å²) >= 11 is 0. The highest BCUT2D eigenvalue weighted by molar-refractivity contribution is 5.92. The van der Waals surface area contributed by atoms with Crippen molar-refractivity contribution < 1.29 is 9.90 Å². The Bertz CT molecular complexity index is 346. The van der Waals surface area contributed by atoms with Crippen LogP contribution < -0.4 is 0 Å². The summed E-state index contributed by atoms with van der Waals surface area (Å²) < 4.78 is 0. The van der Waals surface area contributed by atoms with Crippen LogP contribution in [0.25, 0.3) is 0 Å². The summed E-state index contributed by atoms with van der Waals surface area (Å²) in [6.07, 6.45) is 4.29. The van der Waals surface area contributed by atoms with E-state index in [1.165, 1.54) is 0 Å². The van der Waals surface area contributed by atoms with Crippen molar-refractivity contribution in [2.75, 3.05) is 6.54 Å². The normalized spacial score (nSPS) is 23.1. The molecule has 4 nitrogen and oxygen atoms in total. The highest BCUT2D eigenvalue weighted by Crippen LogP contribution is 2.21. The molecule has 1 aromatic rings. The molecule has 2 unspecified atom stereocenters. The number of H-pyrrole nitrogens is 1. The SMILES string of the molecule is CC(O)C1CCCCN1C(=O)c1ccc[nH]1. The molecule has 2 rings (SSSR count). The summed E-state index contributed by atoms with van der Waals surface area (Å²) in [4.78, 5) is 16.9. The Morgan fingerprint density at radius 1 is 1.62 bits per heavy atom. The van der Waals surface area contributed by atoms with Gasteiger partial charge in [-0.1, -0.05) is 0 Å². The molecule has 1 aromatic heterocycles. The number of rotatable bonds is 2. The van der Waals surface area contributed by atoms with Gasteiger partial charge >= 0.3 is 0 Å². The highest BCUT2D eigenvalue weighted by Gasteiger charge is 2.30. The summed E-state index contributed by atoms with van der Waals surface area (Å²) in [5.41, 5.74) is 0.604. The second-order valence-corrected chi connectivity index (χ2v) is 4.39. The Hall–Kier alpha value is -1.29. The topological polar surface area (TPSA) is 56.3 Å². The van der Waals surface area contributed by atoms with Crippen LogP contribution in [0.1, 0.15) is 36.7 Å². The number of nitrogens with zero attached hydrogens (tertiary/aromatic N) is 1. The number of aromatic nitrogens is 1. The molecule has 1 saturated heterocycles. The third kappa shape index (κ3) is 2.11. The van der Waals surface area contributed by atoms with Crippen molar-refractivity contribution in [3.8, 4) is 0 Å². The fourth-order valence-electron chi connectivity index (χ4n) is 2.33. The second-order valence-electron chi connectivity index (χ2n) is 4.39. The van der Waals surface area contributed by atoms with Crippen molar-refractivity contribution >= 4 is 5.91 Å². The van der Waals surface area contributed by atoms with E-state index in [-0.39, 0.29) is 11.9 Å². The van der Waals surface area contributed by atoms with Crippen LogP contribution in [0.3, 0.4) is 0 Å². The van der Waals surface area contributed by atoms with E-state index in [0.717, 1.165) is 25.8 Å². The zero-order valence-electron chi connectivity index (χ0n) is 9.52. The molecule has 1 aliphatic heterocycles. The number of aliphatic hydroxyl groups excluding tert-OH is 1. The number of carbonyl (C=O) groups is 1. The first-order valence-corrected chi connectivity index (χ1v) is 5.82. The Kier molecular flexibility index (Phi) is 3.29. The van der Waals surface area contributed by atoms with Crippen LogP contribution in [0, 0.1) is 0 Å². The molecule has 0 aromatic carbocycles. The Labute approximate surface area is 95.3 Å². The molecular weight excluding hydrogens is 204 g/mol. The fourth-order valence-corrected chi connectivity index (χ4v) is 2.33. The molecule has 4 heteroatoms. The van der Waals surface area contributed by atoms with E-state index < -0.39 is 6.10 Å². The third-order valence-corrected chi connectivity index (χ3v) is 3.20. The summed E-state index contributed by atoms with van der Waals surface area (Å²) in [6.45, 7) is 2.50. The highest BCUT2D eigenvalue weighted by atomic mass is 16.3. The van der Waals surface area contributed by atoms with Crippen LogP contribution >= 0.6 is 0 Å². The van der Waals surface area contributed by atoms with Crippen molar-refractivity contribution in [2.24, 2.45) is 0 Å². The van der Waals surface area contributed by atoms with Crippen molar-refractivity contribution in [3.63, 3.8) is 0 Å². The molecular formula is C12H18N2O2. The van der Waals surface area contributed by atoms with E-state index in [4.69, 9.17) is 0 Å². The number of aliphatic hydroxyl groups is 1. The van der Waals surface area contributed by atoms with Gasteiger partial charge in [0.25, 0.3) is 5.91 Å². The number of aromatic amines is 1. The Balaban J connectivity index is 2.14. The minimum Gasteiger partial charge on any atom is -0.391 e. The van der Waals surface area contributed by atoms with Gasteiger partial charge in [-0.3, -0.25) is 4.79 Å². The Morgan fingerprint density at radius 3 is 3.06 bits per heavy atom. The predicted molar refractivity (Wildman–Crippen MR) is 61.1 cm³/mol. The lowest BCUT2D eigenvalue weighted by Gasteiger charge is -2.37. The largest absolute Gasteiger partial charge is 0.391 e. The van der Waals surface area contributed by atoms with E-state index in [0.29, 0.717) is 5.69 Å². The zero-order chi connectivity index (χ0) is 11.5. The van der Waals surface area contributed by atoms with Crippen LogP contribution in [0.4, 0.5) is 0 Å². The second kappa shape index (κ2) is 4.70. The lowest BCUT2D eigenvalue weighted by atomic mass is 9.98. The van der Waals surface area contributed by atoms with Gasteiger partial charge in [-0.25, -0.2) is 0 Å².